The molecular weight excluding hydrogens is 164 g/mol. The summed E-state index contributed by atoms with van der Waals surface area (Å²) in [5.41, 5.74) is 2.09. The van der Waals surface area contributed by atoms with Crippen LogP contribution in [0.4, 0.5) is 0 Å². The highest BCUT2D eigenvalue weighted by Gasteiger charge is 1.91. The van der Waals surface area contributed by atoms with Crippen LogP contribution in [0.1, 0.15) is 18.9 Å². The van der Waals surface area contributed by atoms with Gasteiger partial charge in [-0.1, -0.05) is 23.8 Å². The average molecular weight is 177 g/mol. The van der Waals surface area contributed by atoms with E-state index in [9.17, 15) is 5.11 Å². The fourth-order valence-corrected chi connectivity index (χ4v) is 1.09. The van der Waals surface area contributed by atoms with Gasteiger partial charge in [0.05, 0.1) is 6.61 Å². The summed E-state index contributed by atoms with van der Waals surface area (Å²) in [5, 5.41) is 19.3. The van der Waals surface area contributed by atoms with Crippen LogP contribution >= 0.6 is 0 Å². The average Bonchev–Trinajstić information content (AvgIpc) is 2.09. The minimum absolute atomic E-state index is 0.0690. The van der Waals surface area contributed by atoms with Crippen LogP contribution < -0.4 is 0 Å². The summed E-state index contributed by atoms with van der Waals surface area (Å²) < 4.78 is 0. The van der Waals surface area contributed by atoms with Gasteiger partial charge in [0, 0.05) is 0 Å². The van der Waals surface area contributed by atoms with Crippen LogP contribution in [0.3, 0.4) is 0 Å². The molecule has 13 heavy (non-hydrogen) atoms. The molecule has 0 aliphatic heterocycles. The van der Waals surface area contributed by atoms with Crippen LogP contribution in [0.5, 0.6) is 5.75 Å². The zero-order valence-electron chi connectivity index (χ0n) is 7.66. The van der Waals surface area contributed by atoms with E-state index in [4.69, 9.17) is 5.11 Å². The Labute approximate surface area is 78.2 Å². The van der Waals surface area contributed by atoms with Gasteiger partial charge >= 0.3 is 0 Å². The molecule has 0 bridgehead atoms. The van der Waals surface area contributed by atoms with Gasteiger partial charge in [-0.25, -0.2) is 5.11 Å². The topological polar surface area (TPSA) is 40.1 Å². The molecule has 1 N–H and O–H groups in total. The van der Waals surface area contributed by atoms with Crippen molar-refractivity contribution in [3.05, 3.63) is 35.4 Å². The Balaban J connectivity index is 2.73. The molecule has 2 heteroatoms. The third-order valence-electron chi connectivity index (χ3n) is 1.80. The smallest absolute Gasteiger partial charge is 0.115 e. The summed E-state index contributed by atoms with van der Waals surface area (Å²) in [7, 11) is 0. The molecule has 0 unspecified atom stereocenters. The Morgan fingerprint density at radius 2 is 2.00 bits per heavy atom. The van der Waals surface area contributed by atoms with E-state index in [0.29, 0.717) is 6.42 Å². The lowest BCUT2D eigenvalue weighted by Gasteiger charge is -1.98. The third-order valence-corrected chi connectivity index (χ3v) is 1.80. The minimum atomic E-state index is -0.0690. The van der Waals surface area contributed by atoms with Crippen molar-refractivity contribution >= 4 is 6.08 Å². The lowest BCUT2D eigenvalue weighted by atomic mass is 10.1. The summed E-state index contributed by atoms with van der Waals surface area (Å²) in [5.74, 6) is 0.263. The van der Waals surface area contributed by atoms with Crippen molar-refractivity contribution in [2.75, 3.05) is 6.61 Å². The van der Waals surface area contributed by atoms with Gasteiger partial charge in [0.2, 0.25) is 0 Å². The summed E-state index contributed by atoms with van der Waals surface area (Å²) in [6.07, 6.45) is 2.54. The summed E-state index contributed by atoms with van der Waals surface area (Å²) in [6, 6.07) is 6.92. The zero-order valence-corrected chi connectivity index (χ0v) is 7.66. The van der Waals surface area contributed by atoms with Gasteiger partial charge in [-0.2, -0.15) is 0 Å². The number of hydrogen-bond donors (Lipinski definition) is 1. The van der Waals surface area contributed by atoms with Gasteiger partial charge in [0.15, 0.2) is 0 Å². The molecule has 0 aliphatic rings. The normalized spacial score (nSPS) is 11.7. The summed E-state index contributed by atoms with van der Waals surface area (Å²) in [6.45, 7) is 1.87. The van der Waals surface area contributed by atoms with Gasteiger partial charge in [-0.05, 0) is 31.0 Å². The van der Waals surface area contributed by atoms with Crippen LogP contribution in [-0.4, -0.2) is 11.7 Å². The molecular formula is C11H13O2. The molecule has 1 aromatic rings. The second-order valence-corrected chi connectivity index (χ2v) is 3.04. The zero-order chi connectivity index (χ0) is 9.68. The number of aromatic hydroxyl groups is 1. The monoisotopic (exact) mass is 177 g/mol. The van der Waals surface area contributed by atoms with Gasteiger partial charge in [-0.15, -0.1) is 0 Å². The largest absolute Gasteiger partial charge is 0.508 e. The van der Waals surface area contributed by atoms with Crippen molar-refractivity contribution in [3.63, 3.8) is 0 Å². The predicted octanol–water partition coefficient (Wildman–Crippen LogP) is 2.62. The molecule has 1 radical (unpaired) electrons. The quantitative estimate of drug-likeness (QED) is 0.757. The Morgan fingerprint density at radius 3 is 2.54 bits per heavy atom. The molecule has 2 nitrogen and oxygen atoms in total. The maximum Gasteiger partial charge on any atom is 0.115 e. The van der Waals surface area contributed by atoms with Crippen LogP contribution in [0.15, 0.2) is 29.8 Å². The van der Waals surface area contributed by atoms with Crippen LogP contribution in [-0.2, 0) is 5.11 Å². The SMILES string of the molecule is CC(=Cc1ccc(O)cc1)CC[O]. The second-order valence-electron chi connectivity index (χ2n) is 3.04. The lowest BCUT2D eigenvalue weighted by Crippen LogP contribution is -1.82. The van der Waals surface area contributed by atoms with Crippen molar-refractivity contribution in [1.82, 2.24) is 0 Å². The Bertz CT molecular complexity index is 285. The highest BCUT2D eigenvalue weighted by atomic mass is 16.3. The van der Waals surface area contributed by atoms with E-state index in [2.05, 4.69) is 0 Å². The first-order valence-electron chi connectivity index (χ1n) is 4.26. The van der Waals surface area contributed by atoms with Crippen molar-refractivity contribution in [2.45, 2.75) is 13.3 Å². The van der Waals surface area contributed by atoms with E-state index in [0.717, 1.165) is 11.1 Å². The molecule has 0 amide bonds. The van der Waals surface area contributed by atoms with E-state index in [-0.39, 0.29) is 12.4 Å². The van der Waals surface area contributed by atoms with Gasteiger partial charge in [-0.3, -0.25) is 0 Å². The number of rotatable bonds is 3. The van der Waals surface area contributed by atoms with Gasteiger partial charge in [0.1, 0.15) is 5.75 Å². The van der Waals surface area contributed by atoms with Crippen molar-refractivity contribution < 1.29 is 10.2 Å². The van der Waals surface area contributed by atoms with Crippen molar-refractivity contribution in [3.8, 4) is 5.75 Å². The molecule has 0 aliphatic carbocycles. The second kappa shape index (κ2) is 4.67. The van der Waals surface area contributed by atoms with E-state index in [1.54, 1.807) is 12.1 Å². The first kappa shape index (κ1) is 9.81. The standard InChI is InChI=1S/C11H13O2/c1-9(6-7-12)8-10-2-4-11(13)5-3-10/h2-5,8,13H,6-7H2,1H3. The number of benzene rings is 1. The fourth-order valence-electron chi connectivity index (χ4n) is 1.09. The molecule has 1 aromatic carbocycles. The molecule has 0 saturated heterocycles. The molecule has 0 aromatic heterocycles. The maximum absolute atomic E-state index is 10.3. The van der Waals surface area contributed by atoms with Gasteiger partial charge < -0.3 is 5.11 Å². The number of hydrogen-bond acceptors (Lipinski definition) is 1. The fraction of sp³-hybridized carbons (Fsp3) is 0.273. The van der Waals surface area contributed by atoms with Gasteiger partial charge in [0.25, 0.3) is 0 Å². The third kappa shape index (κ3) is 3.30. The first-order valence-corrected chi connectivity index (χ1v) is 4.26. The lowest BCUT2D eigenvalue weighted by molar-refractivity contribution is 0.197. The van der Waals surface area contributed by atoms with E-state index in [1.165, 1.54) is 0 Å². The Hall–Kier alpha value is -1.28. The predicted molar refractivity (Wildman–Crippen MR) is 51.9 cm³/mol. The Kier molecular flexibility index (Phi) is 3.53. The summed E-state index contributed by atoms with van der Waals surface area (Å²) >= 11 is 0. The maximum atomic E-state index is 10.3. The molecule has 0 saturated carbocycles. The van der Waals surface area contributed by atoms with Crippen LogP contribution in [0.2, 0.25) is 0 Å². The highest BCUT2D eigenvalue weighted by molar-refractivity contribution is 5.53. The van der Waals surface area contributed by atoms with Crippen molar-refractivity contribution in [2.24, 2.45) is 0 Å². The molecule has 0 heterocycles. The summed E-state index contributed by atoms with van der Waals surface area (Å²) in [4.78, 5) is 0. The molecule has 0 spiro atoms. The first-order chi connectivity index (χ1) is 6.22. The number of phenols is 1. The minimum Gasteiger partial charge on any atom is -0.508 e. The van der Waals surface area contributed by atoms with Crippen LogP contribution in [0.25, 0.3) is 6.08 Å². The van der Waals surface area contributed by atoms with E-state index >= 15 is 0 Å². The highest BCUT2D eigenvalue weighted by Crippen LogP contribution is 2.13. The van der Waals surface area contributed by atoms with Crippen LogP contribution in [0, 0.1) is 0 Å². The van der Waals surface area contributed by atoms with E-state index in [1.807, 2.05) is 25.1 Å². The molecule has 1 rings (SSSR count). The van der Waals surface area contributed by atoms with Crippen molar-refractivity contribution in [1.29, 1.82) is 0 Å². The number of phenolic OH excluding ortho intramolecular Hbond substituents is 1. The Morgan fingerprint density at radius 1 is 1.38 bits per heavy atom. The molecule has 69 valence electrons. The van der Waals surface area contributed by atoms with E-state index < -0.39 is 0 Å². The molecule has 0 atom stereocenters. The molecule has 0 fully saturated rings.